The minimum atomic E-state index is -0.230. The molecule has 2 N–H and O–H groups in total. The van der Waals surface area contributed by atoms with Gasteiger partial charge in [-0.1, -0.05) is 23.7 Å². The molecule has 3 rings (SSSR count). The van der Waals surface area contributed by atoms with Gasteiger partial charge in [0.25, 0.3) is 5.91 Å². The molecule has 0 unspecified atom stereocenters. The van der Waals surface area contributed by atoms with Gasteiger partial charge in [-0.2, -0.15) is 0 Å². The Labute approximate surface area is 139 Å². The maximum Gasteiger partial charge on any atom is 0.255 e. The van der Waals surface area contributed by atoms with Crippen LogP contribution in [0.25, 0.3) is 0 Å². The fourth-order valence-electron chi connectivity index (χ4n) is 2.70. The summed E-state index contributed by atoms with van der Waals surface area (Å²) < 4.78 is 0. The first-order valence-corrected chi connectivity index (χ1v) is 7.96. The van der Waals surface area contributed by atoms with Crippen LogP contribution < -0.4 is 10.2 Å². The molecule has 2 heterocycles. The van der Waals surface area contributed by atoms with Gasteiger partial charge in [0.1, 0.15) is 5.15 Å². The number of hydrogen-bond acceptors (Lipinski definition) is 4. The largest absolute Gasteiger partial charge is 0.393 e. The van der Waals surface area contributed by atoms with E-state index in [4.69, 9.17) is 11.6 Å². The molecular formula is C17H18ClN3O2. The maximum atomic E-state index is 12.4. The number of hydrogen-bond donors (Lipinski definition) is 2. The fourth-order valence-corrected chi connectivity index (χ4v) is 2.87. The molecule has 0 spiro atoms. The van der Waals surface area contributed by atoms with Gasteiger partial charge in [0, 0.05) is 24.8 Å². The Morgan fingerprint density at radius 1 is 1.26 bits per heavy atom. The number of aliphatic hydroxyl groups excluding tert-OH is 1. The zero-order valence-corrected chi connectivity index (χ0v) is 13.3. The normalized spacial score (nSPS) is 15.5. The number of rotatable bonds is 3. The van der Waals surface area contributed by atoms with Gasteiger partial charge in [-0.3, -0.25) is 4.79 Å². The van der Waals surface area contributed by atoms with Crippen LogP contribution in [0, 0.1) is 0 Å². The SMILES string of the molecule is O=C(Nc1ccccc1N1CCC(O)CC1)c1ccnc(Cl)c1. The number of para-hydroxylation sites is 2. The molecule has 0 atom stereocenters. The molecule has 0 aliphatic carbocycles. The van der Waals surface area contributed by atoms with Crippen LogP contribution in [0.15, 0.2) is 42.6 Å². The third-order valence-electron chi connectivity index (χ3n) is 3.95. The summed E-state index contributed by atoms with van der Waals surface area (Å²) in [5, 5.41) is 12.9. The second-order valence-electron chi connectivity index (χ2n) is 5.56. The van der Waals surface area contributed by atoms with E-state index >= 15 is 0 Å². The third kappa shape index (κ3) is 3.81. The summed E-state index contributed by atoms with van der Waals surface area (Å²) in [6.45, 7) is 1.55. The number of piperidine rings is 1. The highest BCUT2D eigenvalue weighted by Gasteiger charge is 2.20. The number of halogens is 1. The highest BCUT2D eigenvalue weighted by molar-refractivity contribution is 6.29. The number of aliphatic hydroxyl groups is 1. The number of amides is 1. The monoisotopic (exact) mass is 331 g/mol. The van der Waals surface area contributed by atoms with Gasteiger partial charge in [-0.15, -0.1) is 0 Å². The summed E-state index contributed by atoms with van der Waals surface area (Å²) in [4.78, 5) is 18.5. The summed E-state index contributed by atoms with van der Waals surface area (Å²) >= 11 is 5.84. The van der Waals surface area contributed by atoms with Gasteiger partial charge in [0.15, 0.2) is 0 Å². The van der Waals surface area contributed by atoms with Crippen molar-refractivity contribution in [2.24, 2.45) is 0 Å². The van der Waals surface area contributed by atoms with E-state index in [2.05, 4.69) is 15.2 Å². The lowest BCUT2D eigenvalue weighted by Gasteiger charge is -2.32. The Hall–Kier alpha value is -2.11. The minimum absolute atomic E-state index is 0.223. The number of anilines is 2. The Bertz CT molecular complexity index is 700. The molecule has 5 nitrogen and oxygen atoms in total. The Morgan fingerprint density at radius 2 is 2.00 bits per heavy atom. The van der Waals surface area contributed by atoms with Gasteiger partial charge in [-0.05, 0) is 37.1 Å². The topological polar surface area (TPSA) is 65.5 Å². The van der Waals surface area contributed by atoms with E-state index in [1.54, 1.807) is 6.07 Å². The molecule has 1 aliphatic heterocycles. The minimum Gasteiger partial charge on any atom is -0.393 e. The number of carbonyl (C=O) groups excluding carboxylic acids is 1. The Kier molecular flexibility index (Phi) is 4.79. The van der Waals surface area contributed by atoms with Crippen molar-refractivity contribution >= 4 is 28.9 Å². The first-order valence-electron chi connectivity index (χ1n) is 7.58. The molecule has 6 heteroatoms. The molecule has 1 amide bonds. The molecule has 120 valence electrons. The predicted molar refractivity (Wildman–Crippen MR) is 91.1 cm³/mol. The van der Waals surface area contributed by atoms with Crippen LogP contribution in [-0.2, 0) is 0 Å². The Balaban J connectivity index is 1.79. The molecule has 1 saturated heterocycles. The summed E-state index contributed by atoms with van der Waals surface area (Å²) in [6.07, 6.45) is 2.76. The van der Waals surface area contributed by atoms with Gasteiger partial charge in [-0.25, -0.2) is 4.98 Å². The molecule has 1 aromatic heterocycles. The number of pyridine rings is 1. The Morgan fingerprint density at radius 3 is 2.74 bits per heavy atom. The lowest BCUT2D eigenvalue weighted by atomic mass is 10.1. The van der Waals surface area contributed by atoms with Gasteiger partial charge >= 0.3 is 0 Å². The van der Waals surface area contributed by atoms with Crippen LogP contribution in [0.3, 0.4) is 0 Å². The number of nitrogens with zero attached hydrogens (tertiary/aromatic N) is 2. The van der Waals surface area contributed by atoms with Gasteiger partial charge < -0.3 is 15.3 Å². The predicted octanol–water partition coefficient (Wildman–Crippen LogP) is 2.95. The van der Waals surface area contributed by atoms with E-state index < -0.39 is 0 Å². The summed E-state index contributed by atoms with van der Waals surface area (Å²) in [6, 6.07) is 10.8. The van der Waals surface area contributed by atoms with E-state index in [1.807, 2.05) is 24.3 Å². The third-order valence-corrected chi connectivity index (χ3v) is 4.15. The summed E-state index contributed by atoms with van der Waals surface area (Å²) in [5.74, 6) is -0.223. The summed E-state index contributed by atoms with van der Waals surface area (Å²) in [7, 11) is 0. The fraction of sp³-hybridized carbons (Fsp3) is 0.294. The van der Waals surface area contributed by atoms with Crippen molar-refractivity contribution < 1.29 is 9.90 Å². The van der Waals surface area contributed by atoms with Gasteiger partial charge in [0.05, 0.1) is 17.5 Å². The highest BCUT2D eigenvalue weighted by Crippen LogP contribution is 2.28. The molecule has 0 saturated carbocycles. The number of aromatic nitrogens is 1. The first-order chi connectivity index (χ1) is 11.1. The quantitative estimate of drug-likeness (QED) is 0.849. The van der Waals surface area contributed by atoms with E-state index in [-0.39, 0.29) is 17.2 Å². The van der Waals surface area contributed by atoms with Crippen molar-refractivity contribution in [3.8, 4) is 0 Å². The smallest absolute Gasteiger partial charge is 0.255 e. The van der Waals surface area contributed by atoms with E-state index in [1.165, 1.54) is 12.3 Å². The number of benzene rings is 1. The second kappa shape index (κ2) is 6.98. The lowest BCUT2D eigenvalue weighted by molar-refractivity contribution is 0.102. The van der Waals surface area contributed by atoms with Crippen molar-refractivity contribution in [1.82, 2.24) is 4.98 Å². The molecule has 2 aromatic rings. The van der Waals surface area contributed by atoms with Crippen LogP contribution >= 0.6 is 11.6 Å². The molecule has 0 bridgehead atoms. The van der Waals surface area contributed by atoms with E-state index in [0.29, 0.717) is 5.56 Å². The molecule has 0 radical (unpaired) electrons. The zero-order chi connectivity index (χ0) is 16.2. The standard InChI is InChI=1S/C17H18ClN3O2/c18-16-11-12(5-8-19-16)17(23)20-14-3-1-2-4-15(14)21-9-6-13(22)7-10-21/h1-5,8,11,13,22H,6-7,9-10H2,(H,20,23). The van der Waals surface area contributed by atoms with Crippen LogP contribution in [0.4, 0.5) is 11.4 Å². The van der Waals surface area contributed by atoms with Crippen molar-refractivity contribution in [2.75, 3.05) is 23.3 Å². The van der Waals surface area contributed by atoms with Gasteiger partial charge in [0.2, 0.25) is 0 Å². The maximum absolute atomic E-state index is 12.4. The molecule has 1 aromatic carbocycles. The van der Waals surface area contributed by atoms with E-state index in [0.717, 1.165) is 37.3 Å². The number of carbonyl (C=O) groups is 1. The van der Waals surface area contributed by atoms with Crippen LogP contribution in [0.1, 0.15) is 23.2 Å². The first kappa shape index (κ1) is 15.8. The molecular weight excluding hydrogens is 314 g/mol. The average molecular weight is 332 g/mol. The second-order valence-corrected chi connectivity index (χ2v) is 5.94. The van der Waals surface area contributed by atoms with Crippen molar-refractivity contribution in [1.29, 1.82) is 0 Å². The number of nitrogens with one attached hydrogen (secondary N) is 1. The lowest BCUT2D eigenvalue weighted by Crippen LogP contribution is -2.36. The molecule has 1 fully saturated rings. The van der Waals surface area contributed by atoms with Crippen LogP contribution in [0.2, 0.25) is 5.15 Å². The van der Waals surface area contributed by atoms with Crippen LogP contribution in [-0.4, -0.2) is 35.2 Å². The van der Waals surface area contributed by atoms with Crippen molar-refractivity contribution in [3.63, 3.8) is 0 Å². The highest BCUT2D eigenvalue weighted by atomic mass is 35.5. The zero-order valence-electron chi connectivity index (χ0n) is 12.6. The average Bonchev–Trinajstić information content (AvgIpc) is 2.56. The molecule has 1 aliphatic rings. The summed E-state index contributed by atoms with van der Waals surface area (Å²) in [5.41, 5.74) is 2.18. The van der Waals surface area contributed by atoms with Crippen molar-refractivity contribution in [2.45, 2.75) is 18.9 Å². The van der Waals surface area contributed by atoms with Crippen LogP contribution in [0.5, 0.6) is 0 Å². The molecule has 23 heavy (non-hydrogen) atoms. The van der Waals surface area contributed by atoms with Crippen molar-refractivity contribution in [3.05, 3.63) is 53.3 Å². The van der Waals surface area contributed by atoms with E-state index in [9.17, 15) is 9.90 Å².